The number of benzene rings is 1. The van der Waals surface area contributed by atoms with Crippen LogP contribution in [0.25, 0.3) is 10.9 Å². The van der Waals surface area contributed by atoms with Crippen LogP contribution >= 0.6 is 0 Å². The summed E-state index contributed by atoms with van der Waals surface area (Å²) in [4.78, 5) is 32.8. The maximum absolute atomic E-state index is 13.6. The van der Waals surface area contributed by atoms with Gasteiger partial charge >= 0.3 is 11.8 Å². The molecule has 3 aromatic rings. The number of pyridine rings is 1. The number of hydrogen-bond acceptors (Lipinski definition) is 7. The molecule has 1 aromatic carbocycles. The van der Waals surface area contributed by atoms with Gasteiger partial charge in [0.1, 0.15) is 23.3 Å². The van der Waals surface area contributed by atoms with Crippen molar-refractivity contribution in [2.45, 2.75) is 57.7 Å². The van der Waals surface area contributed by atoms with Crippen LogP contribution in [0.2, 0.25) is 0 Å². The summed E-state index contributed by atoms with van der Waals surface area (Å²) in [5, 5.41) is 8.03. The zero-order valence-corrected chi connectivity index (χ0v) is 21.0. The number of nitrogens with one attached hydrogen (secondary N) is 1. The molecule has 0 radical (unpaired) electrons. The fourth-order valence-corrected chi connectivity index (χ4v) is 5.72. The number of ether oxygens (including phenoxy) is 2. The van der Waals surface area contributed by atoms with Crippen molar-refractivity contribution in [3.63, 3.8) is 0 Å². The number of likely N-dealkylation sites (tertiary alicyclic amines) is 1. The van der Waals surface area contributed by atoms with Crippen molar-refractivity contribution in [3.8, 4) is 5.75 Å². The van der Waals surface area contributed by atoms with Crippen molar-refractivity contribution < 1.29 is 19.1 Å². The predicted octanol–water partition coefficient (Wildman–Crippen LogP) is 3.59. The Morgan fingerprint density at radius 3 is 2.89 bits per heavy atom. The minimum atomic E-state index is -0.719. The lowest BCUT2D eigenvalue weighted by Crippen LogP contribution is -2.46. The third-order valence-electron chi connectivity index (χ3n) is 7.67. The van der Waals surface area contributed by atoms with Gasteiger partial charge in [0.05, 0.1) is 29.9 Å². The fraction of sp³-hybridized carbons (Fsp3) is 0.481. The molecule has 6 rings (SSSR count). The summed E-state index contributed by atoms with van der Waals surface area (Å²) in [5.41, 5.74) is 9.08. The molecule has 0 saturated carbocycles. The van der Waals surface area contributed by atoms with Crippen molar-refractivity contribution in [1.29, 1.82) is 0 Å². The lowest BCUT2D eigenvalue weighted by atomic mass is 9.88. The molecule has 10 nitrogen and oxygen atoms in total. The molecule has 3 N–H and O–H groups in total. The first-order chi connectivity index (χ1) is 18.0. The number of nitrogens with two attached hydrogens (primary N) is 1. The van der Waals surface area contributed by atoms with Gasteiger partial charge in [0.25, 0.3) is 0 Å². The van der Waals surface area contributed by atoms with E-state index in [1.54, 1.807) is 15.8 Å². The highest BCUT2D eigenvalue weighted by Gasteiger charge is 2.37. The summed E-state index contributed by atoms with van der Waals surface area (Å²) in [7, 11) is 0. The van der Waals surface area contributed by atoms with Gasteiger partial charge in [-0.2, -0.15) is 5.10 Å². The Morgan fingerprint density at radius 1 is 1.16 bits per heavy atom. The topological polar surface area (TPSA) is 125 Å². The van der Waals surface area contributed by atoms with Crippen LogP contribution in [0, 0.1) is 5.92 Å². The maximum Gasteiger partial charge on any atom is 0.314 e. The number of hydrogen-bond donors (Lipinski definition) is 2. The summed E-state index contributed by atoms with van der Waals surface area (Å²) in [5.74, 6) is 0.169. The van der Waals surface area contributed by atoms with Crippen molar-refractivity contribution in [1.82, 2.24) is 19.7 Å². The van der Waals surface area contributed by atoms with E-state index < -0.39 is 11.8 Å². The summed E-state index contributed by atoms with van der Waals surface area (Å²) >= 11 is 0. The number of amides is 2. The highest BCUT2D eigenvalue weighted by atomic mass is 16.5. The molecule has 194 valence electrons. The summed E-state index contributed by atoms with van der Waals surface area (Å²) in [6.45, 7) is 3.93. The van der Waals surface area contributed by atoms with E-state index in [9.17, 15) is 9.59 Å². The van der Waals surface area contributed by atoms with Gasteiger partial charge in [0, 0.05) is 31.3 Å². The largest absolute Gasteiger partial charge is 0.493 e. The molecule has 2 saturated heterocycles. The number of piperidine rings is 1. The molecule has 37 heavy (non-hydrogen) atoms. The van der Waals surface area contributed by atoms with Crippen LogP contribution in [0.15, 0.2) is 30.6 Å². The first kappa shape index (κ1) is 23.7. The fourth-order valence-electron chi connectivity index (χ4n) is 5.72. The third-order valence-corrected chi connectivity index (χ3v) is 7.67. The van der Waals surface area contributed by atoms with E-state index in [1.807, 2.05) is 12.1 Å². The van der Waals surface area contributed by atoms with E-state index in [0.717, 1.165) is 55.4 Å². The number of anilines is 2. The number of aromatic nitrogens is 3. The Kier molecular flexibility index (Phi) is 6.19. The first-order valence-corrected chi connectivity index (χ1v) is 13.1. The van der Waals surface area contributed by atoms with Crippen molar-refractivity contribution in [2.75, 3.05) is 30.8 Å². The molecule has 2 aromatic heterocycles. The standard InChI is InChI=1S/C27H32N6O4/c1-16-8-9-21(18-6-4-5-17-10-12-37-24(17)18)32(14-16)27(35)26(34)30-20-13-29-25(28)19-15-33(31-23(19)20)22-7-2-3-11-36-22/h4-6,13,15-16,21-22H,2-3,7-12,14H2,1H3,(H2,28,29)(H,30,34). The summed E-state index contributed by atoms with van der Waals surface area (Å²) < 4.78 is 13.5. The highest BCUT2D eigenvalue weighted by molar-refractivity contribution is 6.40. The van der Waals surface area contributed by atoms with E-state index in [2.05, 4.69) is 28.4 Å². The molecular weight excluding hydrogens is 472 g/mol. The van der Waals surface area contributed by atoms with E-state index in [0.29, 0.717) is 48.1 Å². The van der Waals surface area contributed by atoms with Gasteiger partial charge in [0.2, 0.25) is 0 Å². The van der Waals surface area contributed by atoms with Crippen molar-refractivity contribution in [3.05, 3.63) is 41.7 Å². The number of carbonyl (C=O) groups is 2. The monoisotopic (exact) mass is 504 g/mol. The van der Waals surface area contributed by atoms with Gasteiger partial charge < -0.3 is 25.4 Å². The number of para-hydroxylation sites is 1. The number of rotatable bonds is 3. The van der Waals surface area contributed by atoms with E-state index in [-0.39, 0.29) is 12.3 Å². The van der Waals surface area contributed by atoms with Gasteiger partial charge in [-0.25, -0.2) is 9.67 Å². The van der Waals surface area contributed by atoms with Gasteiger partial charge in [-0.1, -0.05) is 25.1 Å². The number of nitrogen functional groups attached to an aromatic ring is 1. The lowest BCUT2D eigenvalue weighted by Gasteiger charge is -2.39. The minimum absolute atomic E-state index is 0.184. The zero-order chi connectivity index (χ0) is 25.5. The molecular formula is C27H32N6O4. The van der Waals surface area contributed by atoms with Gasteiger partial charge in [-0.05, 0) is 43.6 Å². The van der Waals surface area contributed by atoms with E-state index >= 15 is 0 Å². The van der Waals surface area contributed by atoms with Crippen LogP contribution in [-0.4, -0.2) is 51.2 Å². The van der Waals surface area contributed by atoms with Crippen LogP contribution in [0.3, 0.4) is 0 Å². The lowest BCUT2D eigenvalue weighted by molar-refractivity contribution is -0.146. The van der Waals surface area contributed by atoms with E-state index in [4.69, 9.17) is 15.2 Å². The molecule has 5 heterocycles. The normalized spacial score (nSPS) is 23.5. The molecule has 10 heteroatoms. The Balaban J connectivity index is 1.27. The van der Waals surface area contributed by atoms with Crippen LogP contribution in [0.1, 0.15) is 62.4 Å². The van der Waals surface area contributed by atoms with Crippen LogP contribution in [0.5, 0.6) is 5.75 Å². The number of carbonyl (C=O) groups excluding carboxylic acids is 2. The molecule has 3 aliphatic rings. The Bertz CT molecular complexity index is 1350. The molecule has 2 fully saturated rings. The van der Waals surface area contributed by atoms with E-state index in [1.165, 1.54) is 6.20 Å². The first-order valence-electron chi connectivity index (χ1n) is 13.1. The van der Waals surface area contributed by atoms with Gasteiger partial charge in [-0.15, -0.1) is 0 Å². The highest BCUT2D eigenvalue weighted by Crippen LogP contribution is 2.41. The quantitative estimate of drug-likeness (QED) is 0.522. The van der Waals surface area contributed by atoms with Crippen molar-refractivity contribution >= 4 is 34.2 Å². The average Bonchev–Trinajstić information content (AvgIpc) is 3.59. The van der Waals surface area contributed by atoms with Gasteiger partial charge in [0.15, 0.2) is 0 Å². The minimum Gasteiger partial charge on any atom is -0.493 e. The molecule has 2 amide bonds. The smallest absolute Gasteiger partial charge is 0.314 e. The van der Waals surface area contributed by atoms with Crippen LogP contribution in [-0.2, 0) is 20.7 Å². The second-order valence-corrected chi connectivity index (χ2v) is 10.3. The molecule has 3 aliphatic heterocycles. The average molecular weight is 505 g/mol. The molecule has 0 bridgehead atoms. The number of nitrogens with zero attached hydrogens (tertiary/aromatic N) is 4. The van der Waals surface area contributed by atoms with Crippen molar-refractivity contribution in [2.24, 2.45) is 5.92 Å². The summed E-state index contributed by atoms with van der Waals surface area (Å²) in [6.07, 6.45) is 8.61. The van der Waals surface area contributed by atoms with Gasteiger partial charge in [-0.3, -0.25) is 9.59 Å². The Morgan fingerprint density at radius 2 is 2.05 bits per heavy atom. The Labute approximate surface area is 215 Å². The van der Waals surface area contributed by atoms with Crippen LogP contribution in [0.4, 0.5) is 11.5 Å². The SMILES string of the molecule is CC1CCC(c2cccc3c2OCC3)N(C(=O)C(=O)Nc2cnc(N)c3cn(C4CCCCO4)nc23)C1. The molecule has 3 atom stereocenters. The second-order valence-electron chi connectivity index (χ2n) is 10.3. The molecule has 0 aliphatic carbocycles. The summed E-state index contributed by atoms with van der Waals surface area (Å²) in [6, 6.07) is 5.87. The maximum atomic E-state index is 13.6. The zero-order valence-electron chi connectivity index (χ0n) is 21.0. The number of fused-ring (bicyclic) bond motifs is 2. The Hall–Kier alpha value is -3.66. The van der Waals surface area contributed by atoms with Crippen LogP contribution < -0.4 is 15.8 Å². The third kappa shape index (κ3) is 4.39. The molecule has 3 unspecified atom stereocenters. The predicted molar refractivity (Wildman–Crippen MR) is 138 cm³/mol. The second kappa shape index (κ2) is 9.66. The molecule has 0 spiro atoms.